The predicted octanol–water partition coefficient (Wildman–Crippen LogP) is 2.68. The number of nitrogens with zero attached hydrogens (tertiary/aromatic N) is 3. The summed E-state index contributed by atoms with van der Waals surface area (Å²) in [4.78, 5) is 25.6. The molecule has 0 radical (unpaired) electrons. The number of nitrogens with one attached hydrogen (secondary N) is 1. The lowest BCUT2D eigenvalue weighted by atomic mass is 10.2. The summed E-state index contributed by atoms with van der Waals surface area (Å²) in [5.41, 5.74) is 2.14. The van der Waals surface area contributed by atoms with E-state index >= 15 is 0 Å². The molecule has 1 heterocycles. The Bertz CT molecular complexity index is 813. The Morgan fingerprint density at radius 1 is 1.40 bits per heavy atom. The second-order valence-electron chi connectivity index (χ2n) is 5.86. The number of anilines is 1. The van der Waals surface area contributed by atoms with Crippen LogP contribution in [0.1, 0.15) is 19.4 Å². The summed E-state index contributed by atoms with van der Waals surface area (Å²) < 4.78 is 15.7. The molecule has 6 nitrogen and oxygen atoms in total. The molecule has 132 valence electrons. The van der Waals surface area contributed by atoms with Crippen molar-refractivity contribution in [2.75, 3.05) is 18.4 Å². The van der Waals surface area contributed by atoms with Crippen molar-refractivity contribution in [3.05, 3.63) is 54.1 Å². The minimum Gasteiger partial charge on any atom is -0.331 e. The van der Waals surface area contributed by atoms with E-state index in [1.54, 1.807) is 26.2 Å². The van der Waals surface area contributed by atoms with Gasteiger partial charge < -0.3 is 10.2 Å². The molecule has 2 amide bonds. The van der Waals surface area contributed by atoms with E-state index < -0.39 is 17.6 Å². The number of halogens is 1. The first kappa shape index (κ1) is 18.4. The number of rotatable bonds is 5. The molecule has 0 saturated carbocycles. The highest BCUT2D eigenvalue weighted by Gasteiger charge is 2.21. The van der Waals surface area contributed by atoms with Crippen molar-refractivity contribution in [3.8, 4) is 5.69 Å². The van der Waals surface area contributed by atoms with E-state index in [-0.39, 0.29) is 11.4 Å². The zero-order valence-corrected chi connectivity index (χ0v) is 14.5. The van der Waals surface area contributed by atoms with Crippen molar-refractivity contribution < 1.29 is 14.0 Å². The maximum Gasteiger partial charge on any atom is 0.313 e. The molecule has 0 spiro atoms. The molecule has 7 heteroatoms. The van der Waals surface area contributed by atoms with Crippen molar-refractivity contribution in [2.45, 2.75) is 20.8 Å². The Morgan fingerprint density at radius 2 is 2.12 bits per heavy atom. The molecule has 1 aromatic carbocycles. The Morgan fingerprint density at radius 3 is 2.64 bits per heavy atom. The van der Waals surface area contributed by atoms with Gasteiger partial charge in [0.1, 0.15) is 5.69 Å². The third kappa shape index (κ3) is 4.53. The topological polar surface area (TPSA) is 67.2 Å². The lowest BCUT2D eigenvalue weighted by Crippen LogP contribution is -2.40. The van der Waals surface area contributed by atoms with Gasteiger partial charge in [-0.2, -0.15) is 5.10 Å². The molecule has 2 aromatic rings. The van der Waals surface area contributed by atoms with Crippen LogP contribution in [0.4, 0.5) is 10.1 Å². The van der Waals surface area contributed by atoms with Crippen molar-refractivity contribution in [1.82, 2.24) is 14.7 Å². The van der Waals surface area contributed by atoms with Crippen LogP contribution in [0, 0.1) is 12.7 Å². The van der Waals surface area contributed by atoms with Crippen LogP contribution in [0.2, 0.25) is 0 Å². The monoisotopic (exact) mass is 344 g/mol. The molecule has 1 aromatic heterocycles. The van der Waals surface area contributed by atoms with E-state index in [0.29, 0.717) is 13.1 Å². The number of hydrogen-bond donors (Lipinski definition) is 1. The fourth-order valence-corrected chi connectivity index (χ4v) is 2.30. The first-order valence-electron chi connectivity index (χ1n) is 7.87. The molecule has 0 aliphatic heterocycles. The molecule has 0 fully saturated rings. The van der Waals surface area contributed by atoms with Crippen LogP contribution in [0.15, 0.2) is 42.7 Å². The van der Waals surface area contributed by atoms with Gasteiger partial charge in [0.15, 0.2) is 5.82 Å². The molecule has 2 rings (SSSR count). The average molecular weight is 344 g/mol. The lowest BCUT2D eigenvalue weighted by molar-refractivity contribution is -0.142. The molecule has 25 heavy (non-hydrogen) atoms. The second-order valence-corrected chi connectivity index (χ2v) is 5.86. The average Bonchev–Trinajstić information content (AvgIpc) is 2.98. The van der Waals surface area contributed by atoms with Gasteiger partial charge in [0.05, 0.1) is 6.20 Å². The second kappa shape index (κ2) is 7.74. The molecule has 0 bridgehead atoms. The standard InChI is InChI=1S/C18H21FN4O2/c1-5-22(10-12(2)3)18(25)17(24)21-14-6-7-16(15(19)8-14)23-11-13(4)9-20-23/h6-9,11H,2,5,10H2,1,3-4H3,(H,21,24). The molecule has 0 atom stereocenters. The number of carbonyl (C=O) groups excluding carboxylic acids is 2. The summed E-state index contributed by atoms with van der Waals surface area (Å²) in [6.07, 6.45) is 3.31. The van der Waals surface area contributed by atoms with Crippen molar-refractivity contribution in [3.63, 3.8) is 0 Å². The number of carbonyl (C=O) groups is 2. The van der Waals surface area contributed by atoms with E-state index in [1.807, 2.05) is 6.92 Å². The zero-order valence-electron chi connectivity index (χ0n) is 14.5. The largest absolute Gasteiger partial charge is 0.331 e. The minimum atomic E-state index is -0.815. The van der Waals surface area contributed by atoms with Gasteiger partial charge in [0.2, 0.25) is 0 Å². The van der Waals surface area contributed by atoms with Crippen LogP contribution in [0.25, 0.3) is 5.69 Å². The van der Waals surface area contributed by atoms with Crippen LogP contribution in [0.3, 0.4) is 0 Å². The number of aromatic nitrogens is 2. The molecule has 0 saturated heterocycles. The van der Waals surface area contributed by atoms with Gasteiger partial charge in [0, 0.05) is 25.0 Å². The Labute approximate surface area is 145 Å². The smallest absolute Gasteiger partial charge is 0.313 e. The maximum absolute atomic E-state index is 14.3. The van der Waals surface area contributed by atoms with Gasteiger partial charge in [-0.15, -0.1) is 0 Å². The van der Waals surface area contributed by atoms with E-state index in [2.05, 4.69) is 17.0 Å². The molecular weight excluding hydrogens is 323 g/mol. The summed E-state index contributed by atoms with van der Waals surface area (Å²) in [7, 11) is 0. The number of hydrogen-bond acceptors (Lipinski definition) is 3. The van der Waals surface area contributed by atoms with Gasteiger partial charge in [-0.1, -0.05) is 12.2 Å². The van der Waals surface area contributed by atoms with E-state index in [1.165, 1.54) is 21.7 Å². The van der Waals surface area contributed by atoms with Gasteiger partial charge in [-0.25, -0.2) is 9.07 Å². The van der Waals surface area contributed by atoms with Gasteiger partial charge in [0.25, 0.3) is 0 Å². The van der Waals surface area contributed by atoms with Crippen LogP contribution in [0.5, 0.6) is 0 Å². The minimum absolute atomic E-state index is 0.204. The third-order valence-electron chi connectivity index (χ3n) is 3.49. The first-order valence-corrected chi connectivity index (χ1v) is 7.87. The van der Waals surface area contributed by atoms with Gasteiger partial charge >= 0.3 is 11.8 Å². The lowest BCUT2D eigenvalue weighted by Gasteiger charge is -2.20. The Balaban J connectivity index is 2.12. The quantitative estimate of drug-likeness (QED) is 0.670. The fourth-order valence-electron chi connectivity index (χ4n) is 2.30. The molecule has 0 aliphatic rings. The van der Waals surface area contributed by atoms with E-state index in [4.69, 9.17) is 0 Å². The van der Waals surface area contributed by atoms with Crippen LogP contribution in [-0.4, -0.2) is 39.6 Å². The predicted molar refractivity (Wildman–Crippen MR) is 94.0 cm³/mol. The van der Waals surface area contributed by atoms with Crippen LogP contribution >= 0.6 is 0 Å². The number of likely N-dealkylation sites (N-methyl/N-ethyl adjacent to an activating group) is 1. The van der Waals surface area contributed by atoms with Crippen molar-refractivity contribution in [2.24, 2.45) is 0 Å². The molecule has 1 N–H and O–H groups in total. The van der Waals surface area contributed by atoms with Gasteiger partial charge in [-0.05, 0) is 44.5 Å². The maximum atomic E-state index is 14.3. The molecule has 0 unspecified atom stereocenters. The third-order valence-corrected chi connectivity index (χ3v) is 3.49. The number of amides is 2. The normalized spacial score (nSPS) is 10.4. The van der Waals surface area contributed by atoms with Crippen molar-refractivity contribution >= 4 is 17.5 Å². The first-order chi connectivity index (χ1) is 11.8. The van der Waals surface area contributed by atoms with E-state index in [0.717, 1.165) is 17.2 Å². The van der Waals surface area contributed by atoms with Crippen LogP contribution in [-0.2, 0) is 9.59 Å². The summed E-state index contributed by atoms with van der Waals surface area (Å²) >= 11 is 0. The van der Waals surface area contributed by atoms with Crippen LogP contribution < -0.4 is 5.32 Å². The summed E-state index contributed by atoms with van der Waals surface area (Å²) in [6, 6.07) is 4.18. The highest BCUT2D eigenvalue weighted by atomic mass is 19.1. The molecular formula is C18H21FN4O2. The zero-order chi connectivity index (χ0) is 18.6. The fraction of sp³-hybridized carbons (Fsp3) is 0.278. The summed E-state index contributed by atoms with van der Waals surface area (Å²) in [5.74, 6) is -2.05. The Hall–Kier alpha value is -2.96. The SMILES string of the molecule is C=C(C)CN(CC)C(=O)C(=O)Nc1ccc(-n2cc(C)cn2)c(F)c1. The van der Waals surface area contributed by atoms with Crippen molar-refractivity contribution in [1.29, 1.82) is 0 Å². The Kier molecular flexibility index (Phi) is 5.69. The number of benzene rings is 1. The van der Waals surface area contributed by atoms with Gasteiger partial charge in [-0.3, -0.25) is 9.59 Å². The van der Waals surface area contributed by atoms with E-state index in [9.17, 15) is 14.0 Å². The highest BCUT2D eigenvalue weighted by molar-refractivity contribution is 6.39. The molecule has 0 aliphatic carbocycles. The number of aryl methyl sites for hydroxylation is 1. The summed E-state index contributed by atoms with van der Waals surface area (Å²) in [6.45, 7) is 9.82. The highest BCUT2D eigenvalue weighted by Crippen LogP contribution is 2.18. The summed E-state index contributed by atoms with van der Waals surface area (Å²) in [5, 5.41) is 6.47.